The molecule has 2 aromatic rings. The summed E-state index contributed by atoms with van der Waals surface area (Å²) < 4.78 is 12.6. The predicted octanol–water partition coefficient (Wildman–Crippen LogP) is 2.20. The summed E-state index contributed by atoms with van der Waals surface area (Å²) in [6.07, 6.45) is 1.56. The van der Waals surface area contributed by atoms with E-state index >= 15 is 0 Å². The minimum atomic E-state index is -0.492. The third kappa shape index (κ3) is 3.35. The normalized spacial score (nSPS) is 26.2. The van der Waals surface area contributed by atoms with Crippen molar-refractivity contribution < 1.29 is 19.1 Å². The second kappa shape index (κ2) is 6.45. The first-order valence-corrected chi connectivity index (χ1v) is 10.1. The van der Waals surface area contributed by atoms with Crippen molar-refractivity contribution in [2.75, 3.05) is 26.3 Å². The molecule has 0 radical (unpaired) electrons. The van der Waals surface area contributed by atoms with E-state index in [9.17, 15) is 9.59 Å². The molecule has 5 rings (SSSR count). The van der Waals surface area contributed by atoms with E-state index in [0.29, 0.717) is 43.7 Å². The van der Waals surface area contributed by atoms with Gasteiger partial charge < -0.3 is 19.7 Å². The van der Waals surface area contributed by atoms with Crippen LogP contribution in [0.2, 0.25) is 0 Å². The standard InChI is InChI=1S/C21H26N4O4/c1-21(2,3)29-20(27)24-8-15-16(9-24)18(15)23-19(26)12-4-5-13-7-22-25(17(13)6-12)14-10-28-11-14/h4-7,14-16,18H,8-11H2,1-3H3,(H,23,26)/t15-,16+,18+. The highest BCUT2D eigenvalue weighted by Gasteiger charge is 2.58. The van der Waals surface area contributed by atoms with Gasteiger partial charge in [-0.25, -0.2) is 4.79 Å². The molecule has 0 unspecified atom stereocenters. The Morgan fingerprint density at radius 2 is 1.93 bits per heavy atom. The van der Waals surface area contributed by atoms with Crippen LogP contribution in [0, 0.1) is 11.8 Å². The van der Waals surface area contributed by atoms with Crippen molar-refractivity contribution in [3.63, 3.8) is 0 Å². The molecular formula is C21H26N4O4. The average molecular weight is 398 g/mol. The Balaban J connectivity index is 1.21. The number of amides is 2. The highest BCUT2D eigenvalue weighted by atomic mass is 16.6. The van der Waals surface area contributed by atoms with E-state index in [-0.39, 0.29) is 24.1 Å². The molecule has 1 aromatic carbocycles. The SMILES string of the molecule is CC(C)(C)OC(=O)N1C[C@@H]2[C@H](C1)[C@H]2NC(=O)c1ccc2cnn(C3COC3)c2c1. The first kappa shape index (κ1) is 18.4. The van der Waals surface area contributed by atoms with Crippen molar-refractivity contribution in [1.29, 1.82) is 0 Å². The Hall–Kier alpha value is -2.61. The number of rotatable bonds is 3. The van der Waals surface area contributed by atoms with Crippen molar-refractivity contribution in [2.24, 2.45) is 11.8 Å². The van der Waals surface area contributed by atoms with Crippen LogP contribution in [0.3, 0.4) is 0 Å². The molecule has 2 aliphatic heterocycles. The molecule has 2 saturated heterocycles. The third-order valence-electron chi connectivity index (χ3n) is 5.97. The van der Waals surface area contributed by atoms with Gasteiger partial charge in [0.1, 0.15) is 5.60 Å². The number of fused-ring (bicyclic) bond motifs is 2. The lowest BCUT2D eigenvalue weighted by Gasteiger charge is -2.26. The first-order valence-electron chi connectivity index (χ1n) is 10.1. The molecule has 154 valence electrons. The molecule has 3 heterocycles. The van der Waals surface area contributed by atoms with E-state index in [0.717, 1.165) is 10.9 Å². The molecule has 1 aromatic heterocycles. The number of benzene rings is 1. The Morgan fingerprint density at radius 3 is 2.55 bits per heavy atom. The maximum Gasteiger partial charge on any atom is 0.410 e. The summed E-state index contributed by atoms with van der Waals surface area (Å²) >= 11 is 0. The zero-order valence-corrected chi connectivity index (χ0v) is 16.9. The van der Waals surface area contributed by atoms with E-state index in [1.165, 1.54) is 0 Å². The van der Waals surface area contributed by atoms with Crippen LogP contribution in [0.4, 0.5) is 4.79 Å². The zero-order chi connectivity index (χ0) is 20.3. The van der Waals surface area contributed by atoms with Crippen LogP contribution in [0.1, 0.15) is 37.2 Å². The van der Waals surface area contributed by atoms with Crippen LogP contribution >= 0.6 is 0 Å². The molecule has 3 fully saturated rings. The second-order valence-corrected chi connectivity index (χ2v) is 9.27. The van der Waals surface area contributed by atoms with Crippen LogP contribution in [0.15, 0.2) is 24.4 Å². The van der Waals surface area contributed by atoms with Gasteiger partial charge in [-0.2, -0.15) is 5.10 Å². The summed E-state index contributed by atoms with van der Waals surface area (Å²) in [5.74, 6) is 0.549. The largest absolute Gasteiger partial charge is 0.444 e. The van der Waals surface area contributed by atoms with Crippen molar-refractivity contribution >= 4 is 22.9 Å². The molecule has 1 aliphatic carbocycles. The topological polar surface area (TPSA) is 85.7 Å². The summed E-state index contributed by atoms with van der Waals surface area (Å²) in [4.78, 5) is 26.7. The number of likely N-dealkylation sites (tertiary alicyclic amines) is 1. The number of nitrogens with one attached hydrogen (secondary N) is 1. The van der Waals surface area contributed by atoms with Gasteiger partial charge in [-0.3, -0.25) is 9.48 Å². The molecular weight excluding hydrogens is 372 g/mol. The van der Waals surface area contributed by atoms with Crippen LogP contribution in [-0.4, -0.2) is 64.6 Å². The summed E-state index contributed by atoms with van der Waals surface area (Å²) in [6.45, 7) is 8.19. The highest BCUT2D eigenvalue weighted by Crippen LogP contribution is 2.46. The van der Waals surface area contributed by atoms with E-state index in [2.05, 4.69) is 10.4 Å². The Labute approximate surface area is 169 Å². The van der Waals surface area contributed by atoms with Gasteiger partial charge in [-0.15, -0.1) is 0 Å². The number of carbonyl (C=O) groups is 2. The smallest absolute Gasteiger partial charge is 0.410 e. The molecule has 1 N–H and O–H groups in total. The molecule has 1 saturated carbocycles. The lowest BCUT2D eigenvalue weighted by atomic mass is 10.1. The first-order chi connectivity index (χ1) is 13.8. The Kier molecular flexibility index (Phi) is 4.10. The maximum atomic E-state index is 12.8. The van der Waals surface area contributed by atoms with Crippen LogP contribution in [-0.2, 0) is 9.47 Å². The minimum absolute atomic E-state index is 0.0762. The number of piperidine rings is 1. The van der Waals surface area contributed by atoms with Crippen molar-refractivity contribution in [3.8, 4) is 0 Å². The second-order valence-electron chi connectivity index (χ2n) is 9.27. The monoisotopic (exact) mass is 398 g/mol. The lowest BCUT2D eigenvalue weighted by Crippen LogP contribution is -2.40. The van der Waals surface area contributed by atoms with Gasteiger partial charge in [0.05, 0.1) is 31.0 Å². The fraction of sp³-hybridized carbons (Fsp3) is 0.571. The Morgan fingerprint density at radius 1 is 1.21 bits per heavy atom. The fourth-order valence-corrected chi connectivity index (χ4v) is 4.29. The van der Waals surface area contributed by atoms with Gasteiger partial charge in [-0.1, -0.05) is 6.07 Å². The third-order valence-corrected chi connectivity index (χ3v) is 5.97. The summed E-state index contributed by atoms with van der Waals surface area (Å²) in [7, 11) is 0. The van der Waals surface area contributed by atoms with E-state index in [1.54, 1.807) is 4.90 Å². The van der Waals surface area contributed by atoms with E-state index in [4.69, 9.17) is 9.47 Å². The minimum Gasteiger partial charge on any atom is -0.444 e. The van der Waals surface area contributed by atoms with Gasteiger partial charge >= 0.3 is 6.09 Å². The van der Waals surface area contributed by atoms with Crippen LogP contribution in [0.25, 0.3) is 10.9 Å². The summed E-state index contributed by atoms with van der Waals surface area (Å²) in [5.41, 5.74) is 1.10. The predicted molar refractivity (Wildman–Crippen MR) is 106 cm³/mol. The molecule has 8 heteroatoms. The van der Waals surface area contributed by atoms with Gasteiger partial charge in [0.2, 0.25) is 0 Å². The van der Waals surface area contributed by atoms with Crippen molar-refractivity contribution in [1.82, 2.24) is 20.0 Å². The molecule has 3 aliphatic rings. The number of aromatic nitrogens is 2. The number of hydrogen-bond donors (Lipinski definition) is 1. The van der Waals surface area contributed by atoms with E-state index < -0.39 is 5.60 Å². The quantitative estimate of drug-likeness (QED) is 0.857. The molecule has 3 atom stereocenters. The van der Waals surface area contributed by atoms with E-state index in [1.807, 2.05) is 49.8 Å². The number of nitrogens with zero attached hydrogens (tertiary/aromatic N) is 3. The highest BCUT2D eigenvalue weighted by molar-refractivity contribution is 5.98. The van der Waals surface area contributed by atoms with Gasteiger partial charge in [0.25, 0.3) is 5.91 Å². The number of ether oxygens (including phenoxy) is 2. The molecule has 0 bridgehead atoms. The molecule has 2 amide bonds. The molecule has 8 nitrogen and oxygen atoms in total. The fourth-order valence-electron chi connectivity index (χ4n) is 4.29. The lowest BCUT2D eigenvalue weighted by molar-refractivity contribution is -0.0266. The van der Waals surface area contributed by atoms with Crippen molar-refractivity contribution in [2.45, 2.75) is 38.5 Å². The average Bonchev–Trinajstić information content (AvgIpc) is 2.98. The summed E-state index contributed by atoms with van der Waals surface area (Å²) in [6, 6.07) is 6.05. The van der Waals surface area contributed by atoms with Crippen molar-refractivity contribution in [3.05, 3.63) is 30.0 Å². The molecule has 0 spiro atoms. The van der Waals surface area contributed by atoms with Crippen LogP contribution in [0.5, 0.6) is 0 Å². The van der Waals surface area contributed by atoms with Gasteiger partial charge in [-0.05, 0) is 32.9 Å². The Bertz CT molecular complexity index is 963. The number of carbonyl (C=O) groups excluding carboxylic acids is 2. The summed E-state index contributed by atoms with van der Waals surface area (Å²) in [5, 5.41) is 8.60. The van der Waals surface area contributed by atoms with Crippen LogP contribution < -0.4 is 5.32 Å². The van der Waals surface area contributed by atoms with Gasteiger partial charge in [0.15, 0.2) is 0 Å². The van der Waals surface area contributed by atoms with Gasteiger partial charge in [0, 0.05) is 41.9 Å². The zero-order valence-electron chi connectivity index (χ0n) is 16.9. The maximum absolute atomic E-state index is 12.8. The molecule has 29 heavy (non-hydrogen) atoms. The number of hydrogen-bond acceptors (Lipinski definition) is 5.